The molecule has 0 saturated heterocycles. The number of hydrogen-bond acceptors (Lipinski definition) is 3. The molecular formula is C21H31ClO3. The van der Waals surface area contributed by atoms with Crippen LogP contribution in [-0.2, 0) is 9.59 Å². The molecule has 0 radical (unpaired) electrons. The lowest BCUT2D eigenvalue weighted by Crippen LogP contribution is -2.61. The molecule has 4 saturated carbocycles. The summed E-state index contributed by atoms with van der Waals surface area (Å²) in [6.45, 7) is 6.25. The Hall–Kier alpha value is -0.410. The van der Waals surface area contributed by atoms with Gasteiger partial charge in [0.25, 0.3) is 0 Å². The number of rotatable bonds is 1. The van der Waals surface area contributed by atoms with Gasteiger partial charge in [-0.05, 0) is 80.0 Å². The zero-order chi connectivity index (χ0) is 18.1. The minimum atomic E-state index is -0.381. The maximum atomic E-state index is 12.2. The van der Waals surface area contributed by atoms with Crippen LogP contribution in [-0.4, -0.2) is 28.2 Å². The van der Waals surface area contributed by atoms with Crippen molar-refractivity contribution in [2.75, 3.05) is 0 Å². The van der Waals surface area contributed by atoms with Crippen molar-refractivity contribution in [3.8, 4) is 0 Å². The molecule has 9 atom stereocenters. The highest BCUT2D eigenvalue weighted by Crippen LogP contribution is 2.67. The van der Waals surface area contributed by atoms with Crippen molar-refractivity contribution in [2.45, 2.75) is 77.2 Å². The summed E-state index contributed by atoms with van der Waals surface area (Å²) in [6, 6.07) is 0. The molecule has 25 heavy (non-hydrogen) atoms. The number of Topliss-reactive ketones (excluding diaryl/α,β-unsaturated/α-hetero) is 2. The van der Waals surface area contributed by atoms with Crippen molar-refractivity contribution >= 4 is 23.2 Å². The number of carbonyl (C=O) groups excluding carboxylic acids is 2. The van der Waals surface area contributed by atoms with Crippen LogP contribution >= 0.6 is 11.6 Å². The van der Waals surface area contributed by atoms with Crippen LogP contribution in [0.3, 0.4) is 0 Å². The van der Waals surface area contributed by atoms with Crippen molar-refractivity contribution in [2.24, 2.45) is 40.4 Å². The number of carbonyl (C=O) groups is 2. The second-order valence-corrected chi connectivity index (χ2v) is 10.3. The molecular weight excluding hydrogens is 336 g/mol. The van der Waals surface area contributed by atoms with Crippen LogP contribution in [0.1, 0.15) is 65.7 Å². The highest BCUT2D eigenvalue weighted by Gasteiger charge is 2.64. The quantitative estimate of drug-likeness (QED) is 0.714. The third-order valence-corrected chi connectivity index (χ3v) is 9.48. The van der Waals surface area contributed by atoms with E-state index in [1.807, 2.05) is 0 Å². The second-order valence-electron chi connectivity index (χ2n) is 9.87. The second kappa shape index (κ2) is 5.79. The van der Waals surface area contributed by atoms with E-state index >= 15 is 0 Å². The van der Waals surface area contributed by atoms with Crippen LogP contribution in [0.25, 0.3) is 0 Å². The van der Waals surface area contributed by atoms with Crippen molar-refractivity contribution in [3.05, 3.63) is 0 Å². The van der Waals surface area contributed by atoms with Gasteiger partial charge in [0, 0.05) is 12.3 Å². The average Bonchev–Trinajstić information content (AvgIpc) is 2.88. The fraction of sp³-hybridized carbons (Fsp3) is 0.905. The summed E-state index contributed by atoms with van der Waals surface area (Å²) in [6.07, 6.45) is 5.88. The zero-order valence-corrected chi connectivity index (χ0v) is 16.4. The van der Waals surface area contributed by atoms with Crippen LogP contribution < -0.4 is 0 Å². The fourth-order valence-electron chi connectivity index (χ4n) is 7.89. The van der Waals surface area contributed by atoms with Gasteiger partial charge >= 0.3 is 0 Å². The van der Waals surface area contributed by atoms with Crippen molar-refractivity contribution < 1.29 is 14.7 Å². The Bertz CT molecular complexity index is 604. The van der Waals surface area contributed by atoms with Gasteiger partial charge in [0.2, 0.25) is 0 Å². The zero-order valence-electron chi connectivity index (χ0n) is 15.6. The highest BCUT2D eigenvalue weighted by molar-refractivity contribution is 6.31. The Labute approximate surface area is 155 Å². The third-order valence-electron chi connectivity index (χ3n) is 8.93. The molecule has 140 valence electrons. The van der Waals surface area contributed by atoms with Crippen LogP contribution in [0.5, 0.6) is 0 Å². The highest BCUT2D eigenvalue weighted by atomic mass is 35.5. The summed E-state index contributed by atoms with van der Waals surface area (Å²) in [5.74, 6) is 2.00. The average molecular weight is 367 g/mol. The molecule has 0 aliphatic heterocycles. The van der Waals surface area contributed by atoms with Crippen LogP contribution in [0.2, 0.25) is 0 Å². The Morgan fingerprint density at radius 3 is 2.48 bits per heavy atom. The smallest absolute Gasteiger partial charge is 0.151 e. The largest absolute Gasteiger partial charge is 0.393 e. The van der Waals surface area contributed by atoms with E-state index in [1.165, 1.54) is 0 Å². The Balaban J connectivity index is 1.69. The number of halogens is 1. The van der Waals surface area contributed by atoms with Crippen molar-refractivity contribution in [1.29, 1.82) is 0 Å². The Morgan fingerprint density at radius 1 is 1.12 bits per heavy atom. The predicted molar refractivity (Wildman–Crippen MR) is 97.3 cm³/mol. The summed E-state index contributed by atoms with van der Waals surface area (Å²) in [5.41, 5.74) is -0.0984. The molecule has 3 nitrogen and oxygen atoms in total. The summed E-state index contributed by atoms with van der Waals surface area (Å²) in [4.78, 5) is 24.4. The van der Waals surface area contributed by atoms with Crippen molar-refractivity contribution in [1.82, 2.24) is 0 Å². The molecule has 1 N–H and O–H groups in total. The molecule has 4 aliphatic rings. The van der Waals surface area contributed by atoms with Gasteiger partial charge in [-0.15, -0.1) is 11.6 Å². The number of aliphatic hydroxyl groups excluding tert-OH is 1. The topological polar surface area (TPSA) is 54.4 Å². The maximum absolute atomic E-state index is 12.2. The molecule has 2 unspecified atom stereocenters. The van der Waals surface area contributed by atoms with E-state index in [4.69, 9.17) is 11.6 Å². The van der Waals surface area contributed by atoms with Crippen LogP contribution in [0.4, 0.5) is 0 Å². The minimum Gasteiger partial charge on any atom is -0.393 e. The molecule has 0 spiro atoms. The summed E-state index contributed by atoms with van der Waals surface area (Å²) in [7, 11) is 0. The first kappa shape index (κ1) is 18.0. The number of hydrogen-bond donors (Lipinski definition) is 1. The normalized spacial score (nSPS) is 55.2. The lowest BCUT2D eigenvalue weighted by Gasteiger charge is -2.62. The summed E-state index contributed by atoms with van der Waals surface area (Å²) < 4.78 is 0. The molecule has 0 bridgehead atoms. The first-order chi connectivity index (χ1) is 11.7. The van der Waals surface area contributed by atoms with Gasteiger partial charge in [-0.3, -0.25) is 9.59 Å². The van der Waals surface area contributed by atoms with E-state index in [-0.39, 0.29) is 45.8 Å². The van der Waals surface area contributed by atoms with Gasteiger partial charge < -0.3 is 5.11 Å². The number of fused-ring (bicyclic) bond motifs is 5. The van der Waals surface area contributed by atoms with Crippen LogP contribution in [0.15, 0.2) is 0 Å². The van der Waals surface area contributed by atoms with Gasteiger partial charge in [-0.2, -0.15) is 0 Å². The summed E-state index contributed by atoms with van der Waals surface area (Å²) >= 11 is 6.54. The SMILES string of the molecule is CC(=O)[C@H]1CC[C@H]2[C@@H]3CCC4C(Cl)C(=O)CC[C@]4(C)[C@H]3[C@H](O)C[C@]12C. The third kappa shape index (κ3) is 2.34. The van der Waals surface area contributed by atoms with Gasteiger partial charge in [0.05, 0.1) is 11.5 Å². The molecule has 0 aromatic rings. The predicted octanol–water partition coefficient (Wildman–Crippen LogP) is 3.99. The molecule has 0 amide bonds. The minimum absolute atomic E-state index is 0.0434. The van der Waals surface area contributed by atoms with E-state index < -0.39 is 0 Å². The Morgan fingerprint density at radius 2 is 1.80 bits per heavy atom. The van der Waals surface area contributed by atoms with Gasteiger partial charge in [-0.1, -0.05) is 13.8 Å². The van der Waals surface area contributed by atoms with Crippen LogP contribution in [0, 0.1) is 40.4 Å². The number of ketones is 2. The molecule has 4 heteroatoms. The lowest BCUT2D eigenvalue weighted by molar-refractivity contribution is -0.173. The van der Waals surface area contributed by atoms with Gasteiger partial charge in [0.1, 0.15) is 5.78 Å². The molecule has 0 heterocycles. The monoisotopic (exact) mass is 366 g/mol. The summed E-state index contributed by atoms with van der Waals surface area (Å²) in [5, 5.41) is 10.9. The fourth-order valence-corrected chi connectivity index (χ4v) is 8.41. The number of alkyl halides is 1. The lowest BCUT2D eigenvalue weighted by atomic mass is 9.44. The van der Waals surface area contributed by atoms with E-state index in [0.717, 1.165) is 38.5 Å². The van der Waals surface area contributed by atoms with E-state index in [9.17, 15) is 14.7 Å². The number of aliphatic hydroxyl groups is 1. The van der Waals surface area contributed by atoms with Gasteiger partial charge in [0.15, 0.2) is 5.78 Å². The van der Waals surface area contributed by atoms with Crippen molar-refractivity contribution in [3.63, 3.8) is 0 Å². The standard InChI is InChI=1S/C21H31ClO3/c1-11(23)13-6-7-14-12-4-5-15-19(22)16(24)8-9-20(15,2)18(12)17(25)10-21(13,14)3/h12-15,17-19,25H,4-10H2,1-3H3/t12-,13+,14-,15?,17+,18+,19?,20-,21+/m0/s1. The van der Waals surface area contributed by atoms with E-state index in [1.54, 1.807) is 6.92 Å². The Kier molecular flexibility index (Phi) is 4.16. The molecule has 0 aromatic heterocycles. The molecule has 0 aromatic carbocycles. The molecule has 4 fully saturated rings. The van der Waals surface area contributed by atoms with Gasteiger partial charge in [-0.25, -0.2) is 0 Å². The molecule has 4 aliphatic carbocycles. The van der Waals surface area contributed by atoms with E-state index in [0.29, 0.717) is 24.0 Å². The first-order valence-electron chi connectivity index (χ1n) is 10.1. The maximum Gasteiger partial charge on any atom is 0.151 e. The molecule has 4 rings (SSSR count). The first-order valence-corrected chi connectivity index (χ1v) is 10.5. The van der Waals surface area contributed by atoms with E-state index in [2.05, 4.69) is 13.8 Å².